The van der Waals surface area contributed by atoms with Gasteiger partial charge in [0.05, 0.1) is 6.42 Å². The maximum absolute atomic E-state index is 11.9. The van der Waals surface area contributed by atoms with Crippen molar-refractivity contribution >= 4 is 11.8 Å². The van der Waals surface area contributed by atoms with Gasteiger partial charge in [-0.25, -0.2) is 4.79 Å². The van der Waals surface area contributed by atoms with Crippen LogP contribution in [-0.2, 0) is 19.1 Å². The van der Waals surface area contributed by atoms with Gasteiger partial charge in [0, 0.05) is 6.61 Å². The molecule has 0 heterocycles. The lowest BCUT2D eigenvalue weighted by atomic mass is 10.2. The second-order valence-electron chi connectivity index (χ2n) is 2.91. The highest BCUT2D eigenvalue weighted by atomic mass is 19.4. The van der Waals surface area contributed by atoms with Crippen LogP contribution < -0.4 is 0 Å². The van der Waals surface area contributed by atoms with E-state index in [1.165, 1.54) is 6.92 Å². The average molecular weight is 282 g/mol. The number of hydrogen-bond acceptors (Lipinski definition) is 4. The molecule has 0 spiro atoms. The van der Waals surface area contributed by atoms with Crippen LogP contribution in [0.15, 0.2) is 0 Å². The van der Waals surface area contributed by atoms with Gasteiger partial charge in [-0.05, 0) is 6.92 Å². The molecular formula is C8H8F6O4. The Kier molecular flexibility index (Phi) is 5.58. The quantitative estimate of drug-likeness (QED) is 0.439. The van der Waals surface area contributed by atoms with E-state index in [1.807, 2.05) is 0 Å². The van der Waals surface area contributed by atoms with Crippen LogP contribution in [0.2, 0.25) is 0 Å². The third kappa shape index (κ3) is 5.84. The van der Waals surface area contributed by atoms with Gasteiger partial charge in [0.15, 0.2) is 0 Å². The first-order valence-electron chi connectivity index (χ1n) is 4.48. The Balaban J connectivity index is 4.59. The lowest BCUT2D eigenvalue weighted by Crippen LogP contribution is -2.35. The van der Waals surface area contributed by atoms with Crippen LogP contribution >= 0.6 is 0 Å². The number of ether oxygens (including phenoxy) is 2. The van der Waals surface area contributed by atoms with Gasteiger partial charge in [-0.1, -0.05) is 0 Å². The molecule has 0 aliphatic heterocycles. The average Bonchev–Trinajstić information content (AvgIpc) is 2.14. The second kappa shape index (κ2) is 6.03. The third-order valence-electron chi connectivity index (χ3n) is 1.49. The molecule has 1 atom stereocenters. The molecule has 1 unspecified atom stereocenters. The minimum atomic E-state index is -5.38. The Morgan fingerprint density at radius 2 is 1.56 bits per heavy atom. The molecule has 0 aromatic heterocycles. The monoisotopic (exact) mass is 282 g/mol. The predicted octanol–water partition coefficient (Wildman–Crippen LogP) is 1.98. The van der Waals surface area contributed by atoms with E-state index in [0.29, 0.717) is 0 Å². The Morgan fingerprint density at radius 1 is 1.06 bits per heavy atom. The number of carbonyl (C=O) groups excluding carboxylic acids is 2. The van der Waals surface area contributed by atoms with E-state index in [1.54, 1.807) is 0 Å². The van der Waals surface area contributed by atoms with Crippen molar-refractivity contribution in [2.45, 2.75) is 32.0 Å². The van der Waals surface area contributed by atoms with E-state index in [2.05, 4.69) is 9.47 Å². The smallest absolute Gasteiger partial charge is 0.429 e. The normalized spacial score (nSPS) is 14.2. The van der Waals surface area contributed by atoms with Crippen molar-refractivity contribution in [3.05, 3.63) is 0 Å². The summed E-state index contributed by atoms with van der Waals surface area (Å²) in [7, 11) is 0. The number of carbonyl (C=O) groups is 2. The van der Waals surface area contributed by atoms with Crippen molar-refractivity contribution in [2.75, 3.05) is 6.61 Å². The molecule has 0 aromatic carbocycles. The summed E-state index contributed by atoms with van der Waals surface area (Å²) in [6, 6.07) is 0. The first-order valence-corrected chi connectivity index (χ1v) is 4.48. The van der Waals surface area contributed by atoms with Crippen LogP contribution in [0.4, 0.5) is 26.3 Å². The van der Waals surface area contributed by atoms with Crippen molar-refractivity contribution in [2.24, 2.45) is 0 Å². The van der Waals surface area contributed by atoms with Gasteiger partial charge >= 0.3 is 18.3 Å². The van der Waals surface area contributed by atoms with Crippen molar-refractivity contribution in [3.8, 4) is 0 Å². The fourth-order valence-electron chi connectivity index (χ4n) is 0.774. The molecule has 10 heteroatoms. The van der Waals surface area contributed by atoms with E-state index in [0.717, 1.165) is 0 Å². The van der Waals surface area contributed by atoms with Crippen molar-refractivity contribution in [3.63, 3.8) is 0 Å². The first kappa shape index (κ1) is 16.7. The van der Waals surface area contributed by atoms with Crippen LogP contribution in [0.3, 0.4) is 0 Å². The first-order chi connectivity index (χ1) is 7.98. The van der Waals surface area contributed by atoms with Gasteiger partial charge in [-0.2, -0.15) is 26.3 Å². The lowest BCUT2D eigenvalue weighted by molar-refractivity contribution is -0.228. The van der Waals surface area contributed by atoms with E-state index >= 15 is 0 Å². The van der Waals surface area contributed by atoms with E-state index in [4.69, 9.17) is 0 Å². The van der Waals surface area contributed by atoms with E-state index in [9.17, 15) is 35.9 Å². The summed E-state index contributed by atoms with van der Waals surface area (Å²) in [6.45, 7) is 0.910. The number of rotatable bonds is 5. The zero-order chi connectivity index (χ0) is 14.6. The minimum Gasteiger partial charge on any atom is -0.429 e. The van der Waals surface area contributed by atoms with Gasteiger partial charge in [0.1, 0.15) is 0 Å². The second-order valence-corrected chi connectivity index (χ2v) is 2.91. The number of ketones is 1. The molecule has 0 aliphatic carbocycles. The molecule has 0 rings (SSSR count). The molecule has 0 saturated carbocycles. The molecule has 0 saturated heterocycles. The highest BCUT2D eigenvalue weighted by Crippen LogP contribution is 2.22. The Labute approximate surface area is 96.8 Å². The van der Waals surface area contributed by atoms with E-state index < -0.39 is 36.8 Å². The zero-order valence-corrected chi connectivity index (χ0v) is 8.89. The molecule has 0 aromatic rings. The summed E-state index contributed by atoms with van der Waals surface area (Å²) in [5.41, 5.74) is 0. The molecular weight excluding hydrogens is 274 g/mol. The van der Waals surface area contributed by atoms with Crippen molar-refractivity contribution in [1.82, 2.24) is 0 Å². The molecule has 0 amide bonds. The molecule has 0 fully saturated rings. The summed E-state index contributed by atoms with van der Waals surface area (Å²) >= 11 is 0. The summed E-state index contributed by atoms with van der Waals surface area (Å²) < 4.78 is 78.8. The Hall–Kier alpha value is -1.32. The Bertz CT molecular complexity index is 280. The summed E-state index contributed by atoms with van der Waals surface area (Å²) in [4.78, 5) is 20.9. The van der Waals surface area contributed by atoms with E-state index in [-0.39, 0.29) is 6.61 Å². The van der Waals surface area contributed by atoms with Crippen LogP contribution in [-0.4, -0.2) is 37.0 Å². The summed E-state index contributed by atoms with van der Waals surface area (Å²) in [6.07, 6.45) is -14.4. The maximum atomic E-state index is 11.9. The van der Waals surface area contributed by atoms with Crippen LogP contribution in [0.1, 0.15) is 13.3 Å². The van der Waals surface area contributed by atoms with Gasteiger partial charge in [-0.15, -0.1) is 0 Å². The predicted molar refractivity (Wildman–Crippen MR) is 43.2 cm³/mol. The van der Waals surface area contributed by atoms with Crippen molar-refractivity contribution in [1.29, 1.82) is 0 Å². The summed E-state index contributed by atoms with van der Waals surface area (Å²) in [5, 5.41) is 0. The van der Waals surface area contributed by atoms with Crippen LogP contribution in [0.25, 0.3) is 0 Å². The standard InChI is InChI=1S/C8H8F6O4/c1-2-17-5(3-4(15)7(9,10)11)18-6(16)8(12,13)14/h5H,2-3H2,1H3. The van der Waals surface area contributed by atoms with Crippen LogP contribution in [0, 0.1) is 0 Å². The molecule has 4 nitrogen and oxygen atoms in total. The largest absolute Gasteiger partial charge is 0.491 e. The van der Waals surface area contributed by atoms with Gasteiger partial charge in [0.25, 0.3) is 0 Å². The minimum absolute atomic E-state index is 0.332. The Morgan fingerprint density at radius 3 is 1.89 bits per heavy atom. The third-order valence-corrected chi connectivity index (χ3v) is 1.49. The molecule has 0 aliphatic rings. The number of alkyl halides is 6. The number of hydrogen-bond donors (Lipinski definition) is 0. The molecule has 18 heavy (non-hydrogen) atoms. The molecule has 0 radical (unpaired) electrons. The highest BCUT2D eigenvalue weighted by molar-refractivity contribution is 5.84. The SMILES string of the molecule is CCOC(CC(=O)C(F)(F)F)OC(=O)C(F)(F)F. The van der Waals surface area contributed by atoms with Crippen LogP contribution in [0.5, 0.6) is 0 Å². The lowest BCUT2D eigenvalue weighted by Gasteiger charge is -2.18. The van der Waals surface area contributed by atoms with Gasteiger partial charge in [0.2, 0.25) is 12.1 Å². The highest BCUT2D eigenvalue weighted by Gasteiger charge is 2.45. The molecule has 0 bridgehead atoms. The molecule has 106 valence electrons. The summed E-state index contributed by atoms with van der Waals surface area (Å²) in [5.74, 6) is -5.08. The fraction of sp³-hybridized carbons (Fsp3) is 0.750. The number of Topliss-reactive ketones (excluding diaryl/α,β-unsaturated/α-hetero) is 1. The molecule has 0 N–H and O–H groups in total. The zero-order valence-electron chi connectivity index (χ0n) is 8.89. The maximum Gasteiger partial charge on any atom is 0.491 e. The number of halogens is 6. The fourth-order valence-corrected chi connectivity index (χ4v) is 0.774. The van der Waals surface area contributed by atoms with Crippen molar-refractivity contribution < 1.29 is 45.4 Å². The number of esters is 1. The topological polar surface area (TPSA) is 52.6 Å². The van der Waals surface area contributed by atoms with Gasteiger partial charge < -0.3 is 9.47 Å². The van der Waals surface area contributed by atoms with Gasteiger partial charge in [-0.3, -0.25) is 4.79 Å².